The molecule has 0 amide bonds. The minimum Gasteiger partial charge on any atom is -0.485 e. The first-order valence-corrected chi connectivity index (χ1v) is 7.26. The number of rotatable bonds is 4. The van der Waals surface area contributed by atoms with Gasteiger partial charge in [0.2, 0.25) is 0 Å². The Kier molecular flexibility index (Phi) is 4.27. The van der Waals surface area contributed by atoms with Crippen molar-refractivity contribution in [2.24, 2.45) is 0 Å². The Bertz CT molecular complexity index is 661. The van der Waals surface area contributed by atoms with E-state index in [0.29, 0.717) is 0 Å². The van der Waals surface area contributed by atoms with Crippen molar-refractivity contribution in [1.82, 2.24) is 4.98 Å². The number of hydrogen-bond donors (Lipinski definition) is 1. The van der Waals surface area contributed by atoms with Gasteiger partial charge in [0, 0.05) is 10.8 Å². The predicted octanol–water partition coefficient (Wildman–Crippen LogP) is 3.86. The number of aromatic carboxylic acids is 1. The van der Waals surface area contributed by atoms with Gasteiger partial charge in [-0.3, -0.25) is 0 Å². The van der Waals surface area contributed by atoms with E-state index in [1.807, 2.05) is 5.38 Å². The SMILES string of the molecule is CC(C)(C)c1csc(COc2cccc(F)c2C(=O)O)n1. The summed E-state index contributed by atoms with van der Waals surface area (Å²) in [5, 5.41) is 11.7. The van der Waals surface area contributed by atoms with Gasteiger partial charge < -0.3 is 9.84 Å². The summed E-state index contributed by atoms with van der Waals surface area (Å²) < 4.78 is 18.9. The fourth-order valence-electron chi connectivity index (χ4n) is 1.69. The number of thiazole rings is 1. The molecule has 112 valence electrons. The molecule has 0 saturated carbocycles. The molecule has 1 heterocycles. The average Bonchev–Trinajstić information content (AvgIpc) is 2.84. The molecule has 0 spiro atoms. The van der Waals surface area contributed by atoms with Gasteiger partial charge in [0.25, 0.3) is 0 Å². The molecular weight excluding hydrogens is 293 g/mol. The first-order chi connectivity index (χ1) is 9.79. The van der Waals surface area contributed by atoms with Gasteiger partial charge >= 0.3 is 5.97 Å². The predicted molar refractivity (Wildman–Crippen MR) is 78.5 cm³/mol. The van der Waals surface area contributed by atoms with E-state index in [1.165, 1.54) is 23.5 Å². The minimum absolute atomic E-state index is 0.00927. The first kappa shape index (κ1) is 15.4. The average molecular weight is 309 g/mol. The van der Waals surface area contributed by atoms with Gasteiger partial charge in [-0.15, -0.1) is 11.3 Å². The summed E-state index contributed by atoms with van der Waals surface area (Å²) in [5.41, 5.74) is 0.439. The molecule has 1 aromatic heterocycles. The Labute approximate surface area is 126 Å². The van der Waals surface area contributed by atoms with Gasteiger partial charge in [-0.05, 0) is 12.1 Å². The van der Waals surface area contributed by atoms with Crippen LogP contribution in [0, 0.1) is 5.82 Å². The van der Waals surface area contributed by atoms with Crippen molar-refractivity contribution in [1.29, 1.82) is 0 Å². The molecule has 21 heavy (non-hydrogen) atoms. The van der Waals surface area contributed by atoms with E-state index in [9.17, 15) is 9.18 Å². The molecule has 0 saturated heterocycles. The molecule has 2 rings (SSSR count). The van der Waals surface area contributed by atoms with E-state index in [-0.39, 0.29) is 17.8 Å². The zero-order chi connectivity index (χ0) is 15.6. The van der Waals surface area contributed by atoms with Gasteiger partial charge in [-0.25, -0.2) is 14.2 Å². The van der Waals surface area contributed by atoms with Crippen molar-refractivity contribution in [3.8, 4) is 5.75 Å². The van der Waals surface area contributed by atoms with Gasteiger partial charge in [-0.1, -0.05) is 26.8 Å². The number of nitrogens with zero attached hydrogens (tertiary/aromatic N) is 1. The zero-order valence-corrected chi connectivity index (χ0v) is 12.8. The summed E-state index contributed by atoms with van der Waals surface area (Å²) in [6, 6.07) is 3.95. The Morgan fingerprint density at radius 2 is 2.14 bits per heavy atom. The normalized spacial score (nSPS) is 11.4. The molecule has 1 N–H and O–H groups in total. The Hall–Kier alpha value is -1.95. The summed E-state index contributed by atoms with van der Waals surface area (Å²) in [6.45, 7) is 6.29. The van der Waals surface area contributed by atoms with E-state index >= 15 is 0 Å². The lowest BCUT2D eigenvalue weighted by atomic mass is 9.93. The molecule has 0 radical (unpaired) electrons. The highest BCUT2D eigenvalue weighted by molar-refractivity contribution is 7.09. The van der Waals surface area contributed by atoms with Crippen molar-refractivity contribution in [3.05, 3.63) is 45.7 Å². The Morgan fingerprint density at radius 1 is 1.43 bits per heavy atom. The molecule has 0 bridgehead atoms. The van der Waals surface area contributed by atoms with Crippen LogP contribution in [0.4, 0.5) is 4.39 Å². The monoisotopic (exact) mass is 309 g/mol. The molecule has 6 heteroatoms. The highest BCUT2D eigenvalue weighted by Gasteiger charge is 2.19. The quantitative estimate of drug-likeness (QED) is 0.931. The third kappa shape index (κ3) is 3.58. The van der Waals surface area contributed by atoms with Gasteiger partial charge in [0.05, 0.1) is 5.69 Å². The molecule has 0 unspecified atom stereocenters. The molecule has 0 atom stereocenters. The Balaban J connectivity index is 2.16. The minimum atomic E-state index is -1.35. The molecular formula is C15H16FNO3S. The van der Waals surface area contributed by atoms with Crippen LogP contribution in [-0.4, -0.2) is 16.1 Å². The fourth-order valence-corrected chi connectivity index (χ4v) is 2.63. The standard InChI is InChI=1S/C15H16FNO3S/c1-15(2,3)11-8-21-12(17-11)7-20-10-6-4-5-9(16)13(10)14(18)19/h4-6,8H,7H2,1-3H3,(H,18,19). The van der Waals surface area contributed by atoms with Crippen molar-refractivity contribution >= 4 is 17.3 Å². The summed E-state index contributed by atoms with van der Waals surface area (Å²) in [5.74, 6) is -2.15. The van der Waals surface area contributed by atoms with E-state index in [1.54, 1.807) is 0 Å². The van der Waals surface area contributed by atoms with Crippen molar-refractivity contribution in [2.45, 2.75) is 32.8 Å². The second-order valence-electron chi connectivity index (χ2n) is 5.58. The number of halogens is 1. The van der Waals surface area contributed by atoms with Crippen LogP contribution >= 0.6 is 11.3 Å². The van der Waals surface area contributed by atoms with Crippen molar-refractivity contribution in [3.63, 3.8) is 0 Å². The highest BCUT2D eigenvalue weighted by atomic mass is 32.1. The van der Waals surface area contributed by atoms with Crippen LogP contribution in [0.2, 0.25) is 0 Å². The summed E-state index contributed by atoms with van der Waals surface area (Å²) in [4.78, 5) is 15.5. The summed E-state index contributed by atoms with van der Waals surface area (Å²) in [6.07, 6.45) is 0. The van der Waals surface area contributed by atoms with Crippen LogP contribution in [0.3, 0.4) is 0 Å². The number of hydrogen-bond acceptors (Lipinski definition) is 4. The molecule has 2 aromatic rings. The second-order valence-corrected chi connectivity index (χ2v) is 6.53. The Morgan fingerprint density at radius 3 is 2.71 bits per heavy atom. The number of ether oxygens (including phenoxy) is 1. The topological polar surface area (TPSA) is 59.4 Å². The maximum absolute atomic E-state index is 13.5. The van der Waals surface area contributed by atoms with Gasteiger partial charge in [0.1, 0.15) is 28.7 Å². The number of carbonyl (C=O) groups is 1. The van der Waals surface area contributed by atoms with Gasteiger partial charge in [0.15, 0.2) is 0 Å². The molecule has 0 aliphatic rings. The van der Waals surface area contributed by atoms with E-state index in [2.05, 4.69) is 25.8 Å². The fraction of sp³-hybridized carbons (Fsp3) is 0.333. The maximum Gasteiger partial charge on any atom is 0.342 e. The smallest absolute Gasteiger partial charge is 0.342 e. The summed E-state index contributed by atoms with van der Waals surface area (Å²) >= 11 is 1.44. The lowest BCUT2D eigenvalue weighted by molar-refractivity contribution is 0.0686. The summed E-state index contributed by atoms with van der Waals surface area (Å²) in [7, 11) is 0. The third-order valence-electron chi connectivity index (χ3n) is 2.86. The number of aromatic nitrogens is 1. The highest BCUT2D eigenvalue weighted by Crippen LogP contribution is 2.26. The van der Waals surface area contributed by atoms with Gasteiger partial charge in [-0.2, -0.15) is 0 Å². The van der Waals surface area contributed by atoms with Crippen LogP contribution in [0.15, 0.2) is 23.6 Å². The molecule has 4 nitrogen and oxygen atoms in total. The van der Waals surface area contributed by atoms with E-state index < -0.39 is 17.3 Å². The van der Waals surface area contributed by atoms with Crippen LogP contribution in [0.25, 0.3) is 0 Å². The van der Waals surface area contributed by atoms with Crippen LogP contribution in [0.5, 0.6) is 5.75 Å². The third-order valence-corrected chi connectivity index (χ3v) is 3.68. The lowest BCUT2D eigenvalue weighted by Gasteiger charge is -2.14. The molecule has 0 fully saturated rings. The van der Waals surface area contributed by atoms with Crippen LogP contribution < -0.4 is 4.74 Å². The lowest BCUT2D eigenvalue weighted by Crippen LogP contribution is -2.12. The number of carboxylic acid groups (broad SMARTS) is 1. The maximum atomic E-state index is 13.5. The number of carboxylic acids is 1. The van der Waals surface area contributed by atoms with Crippen LogP contribution in [-0.2, 0) is 12.0 Å². The van der Waals surface area contributed by atoms with Crippen molar-refractivity contribution in [2.75, 3.05) is 0 Å². The second kappa shape index (κ2) is 5.81. The molecule has 1 aromatic carbocycles. The van der Waals surface area contributed by atoms with Crippen molar-refractivity contribution < 1.29 is 19.0 Å². The molecule has 0 aliphatic heterocycles. The van der Waals surface area contributed by atoms with E-state index in [0.717, 1.165) is 16.8 Å². The molecule has 0 aliphatic carbocycles. The van der Waals surface area contributed by atoms with Crippen LogP contribution in [0.1, 0.15) is 41.8 Å². The number of benzene rings is 1. The zero-order valence-electron chi connectivity index (χ0n) is 12.0. The first-order valence-electron chi connectivity index (χ1n) is 6.38. The van der Waals surface area contributed by atoms with E-state index in [4.69, 9.17) is 9.84 Å². The largest absolute Gasteiger partial charge is 0.485 e.